The molecule has 0 bridgehead atoms. The van der Waals surface area contributed by atoms with E-state index in [0.29, 0.717) is 24.8 Å². The number of ketones is 2. The quantitative estimate of drug-likeness (QED) is 0.407. The molecule has 0 radical (unpaired) electrons. The zero-order valence-electron chi connectivity index (χ0n) is 22.6. The van der Waals surface area contributed by atoms with Crippen molar-refractivity contribution in [1.29, 1.82) is 0 Å². The molecule has 10 atom stereocenters. The van der Waals surface area contributed by atoms with Crippen molar-refractivity contribution in [1.82, 2.24) is 0 Å². The lowest BCUT2D eigenvalue weighted by Crippen LogP contribution is -2.58. The zero-order valence-corrected chi connectivity index (χ0v) is 22.6. The van der Waals surface area contributed by atoms with Crippen LogP contribution in [-0.2, 0) is 14.4 Å². The average Bonchev–Trinajstić information content (AvgIpc) is 2.97. The van der Waals surface area contributed by atoms with Gasteiger partial charge in [0.2, 0.25) is 0 Å². The fourth-order valence-corrected chi connectivity index (χ4v) is 8.80. The highest BCUT2D eigenvalue weighted by Gasteiger charge is 2.68. The smallest absolute Gasteiger partial charge is 0.306 e. The lowest BCUT2D eigenvalue weighted by molar-refractivity contribution is -0.143. The Morgan fingerprint density at radius 3 is 2.25 bits per heavy atom. The first-order chi connectivity index (χ1) is 16.6. The SMILES string of the molecule is CC(CC(=O)CC(C)C1CC(=O)[C@@]2(C)C3=C(C(O)CC12C)C1CCC(O)C(C)(C)C1CC3O)C(=O)O. The molecule has 9 unspecified atom stereocenters. The highest BCUT2D eigenvalue weighted by molar-refractivity contribution is 5.92. The van der Waals surface area contributed by atoms with Gasteiger partial charge in [0.05, 0.1) is 29.6 Å². The number of hydrogen-bond acceptors (Lipinski definition) is 6. The minimum atomic E-state index is -0.996. The second kappa shape index (κ2) is 9.02. The molecule has 202 valence electrons. The predicted molar refractivity (Wildman–Crippen MR) is 134 cm³/mol. The maximum Gasteiger partial charge on any atom is 0.306 e. The Hall–Kier alpha value is -1.57. The number of aliphatic hydroxyl groups is 3. The number of carboxylic acids is 1. The minimum Gasteiger partial charge on any atom is -0.481 e. The van der Waals surface area contributed by atoms with Crippen LogP contribution >= 0.6 is 0 Å². The molecule has 2 fully saturated rings. The van der Waals surface area contributed by atoms with Gasteiger partial charge in [-0.3, -0.25) is 14.4 Å². The van der Waals surface area contributed by atoms with Crippen LogP contribution in [0.3, 0.4) is 0 Å². The molecule has 7 nitrogen and oxygen atoms in total. The van der Waals surface area contributed by atoms with Crippen molar-refractivity contribution < 1.29 is 34.8 Å². The average molecular weight is 505 g/mol. The Balaban J connectivity index is 1.69. The number of Topliss-reactive ketones (excluding diaryl/α,β-unsaturated/α-hetero) is 2. The lowest BCUT2D eigenvalue weighted by atomic mass is 9.46. The first kappa shape index (κ1) is 27.5. The van der Waals surface area contributed by atoms with Gasteiger partial charge in [-0.2, -0.15) is 0 Å². The fourth-order valence-electron chi connectivity index (χ4n) is 8.80. The Labute approximate surface area is 214 Å². The molecule has 2 saturated carbocycles. The van der Waals surface area contributed by atoms with Crippen LogP contribution in [0.1, 0.15) is 86.5 Å². The molecule has 4 rings (SSSR count). The Morgan fingerprint density at radius 2 is 1.64 bits per heavy atom. The van der Waals surface area contributed by atoms with Crippen molar-refractivity contribution >= 4 is 17.5 Å². The van der Waals surface area contributed by atoms with E-state index in [2.05, 4.69) is 0 Å². The van der Waals surface area contributed by atoms with E-state index in [9.17, 15) is 29.7 Å². The maximum absolute atomic E-state index is 13.8. The van der Waals surface area contributed by atoms with Gasteiger partial charge in [-0.05, 0) is 78.3 Å². The van der Waals surface area contributed by atoms with E-state index in [1.54, 1.807) is 0 Å². The zero-order chi connectivity index (χ0) is 27.0. The van der Waals surface area contributed by atoms with Crippen LogP contribution in [0.5, 0.6) is 0 Å². The van der Waals surface area contributed by atoms with Crippen molar-refractivity contribution in [2.45, 2.75) is 105 Å². The van der Waals surface area contributed by atoms with E-state index in [1.807, 2.05) is 34.6 Å². The van der Waals surface area contributed by atoms with Crippen LogP contribution in [0.4, 0.5) is 0 Å². The number of fused-ring (bicyclic) bond motifs is 4. The van der Waals surface area contributed by atoms with Gasteiger partial charge in [0.15, 0.2) is 0 Å². The highest BCUT2D eigenvalue weighted by Crippen LogP contribution is 2.69. The second-order valence-corrected chi connectivity index (χ2v) is 13.4. The largest absolute Gasteiger partial charge is 0.481 e. The number of aliphatic carboxylic acids is 1. The van der Waals surface area contributed by atoms with Crippen LogP contribution in [0.2, 0.25) is 0 Å². The normalized spacial score (nSPS) is 43.3. The molecule has 0 aliphatic heterocycles. The van der Waals surface area contributed by atoms with Gasteiger partial charge in [0.25, 0.3) is 0 Å². The van der Waals surface area contributed by atoms with Gasteiger partial charge < -0.3 is 20.4 Å². The van der Waals surface area contributed by atoms with Gasteiger partial charge in [0, 0.05) is 19.3 Å². The molecule has 0 aromatic carbocycles. The van der Waals surface area contributed by atoms with Gasteiger partial charge >= 0.3 is 5.97 Å². The summed E-state index contributed by atoms with van der Waals surface area (Å²) in [5, 5.41) is 43.0. The summed E-state index contributed by atoms with van der Waals surface area (Å²) in [7, 11) is 0. The molecule has 0 heterocycles. The first-order valence-electron chi connectivity index (χ1n) is 13.6. The van der Waals surface area contributed by atoms with E-state index in [4.69, 9.17) is 5.11 Å². The molecule has 0 aromatic rings. The monoisotopic (exact) mass is 504 g/mol. The summed E-state index contributed by atoms with van der Waals surface area (Å²) in [6.45, 7) is 11.5. The molecule has 4 N–H and O–H groups in total. The number of carboxylic acid groups (broad SMARTS) is 1. The Morgan fingerprint density at radius 1 is 1.00 bits per heavy atom. The van der Waals surface area contributed by atoms with Crippen LogP contribution in [-0.4, -0.2) is 56.3 Å². The summed E-state index contributed by atoms with van der Waals surface area (Å²) in [4.78, 5) is 37.7. The van der Waals surface area contributed by atoms with Crippen molar-refractivity contribution in [2.75, 3.05) is 0 Å². The molecule has 0 amide bonds. The third-order valence-corrected chi connectivity index (χ3v) is 11.2. The summed E-state index contributed by atoms with van der Waals surface area (Å²) in [5.74, 6) is -2.06. The van der Waals surface area contributed by atoms with E-state index < -0.39 is 46.4 Å². The second-order valence-electron chi connectivity index (χ2n) is 13.4. The molecule has 36 heavy (non-hydrogen) atoms. The van der Waals surface area contributed by atoms with Crippen LogP contribution < -0.4 is 0 Å². The van der Waals surface area contributed by atoms with Crippen molar-refractivity contribution in [3.63, 3.8) is 0 Å². The lowest BCUT2D eigenvalue weighted by Gasteiger charge is -2.59. The number of carbonyl (C=O) groups excluding carboxylic acids is 2. The Kier molecular flexibility index (Phi) is 6.88. The summed E-state index contributed by atoms with van der Waals surface area (Å²) in [5.41, 5.74) is -0.427. The van der Waals surface area contributed by atoms with Gasteiger partial charge in [-0.25, -0.2) is 0 Å². The topological polar surface area (TPSA) is 132 Å². The predicted octanol–water partition coefficient (Wildman–Crippen LogP) is 3.53. The summed E-state index contributed by atoms with van der Waals surface area (Å²) in [6.07, 6.45) is 0.557. The fraction of sp³-hybridized carbons (Fsp3) is 0.828. The summed E-state index contributed by atoms with van der Waals surface area (Å²) in [6, 6.07) is 0. The van der Waals surface area contributed by atoms with E-state index in [1.165, 1.54) is 6.92 Å². The number of carbonyl (C=O) groups is 3. The number of aliphatic hydroxyl groups excluding tert-OH is 3. The maximum atomic E-state index is 13.8. The van der Waals surface area contributed by atoms with Crippen LogP contribution in [0.25, 0.3) is 0 Å². The van der Waals surface area contributed by atoms with Crippen molar-refractivity contribution in [3.05, 3.63) is 11.1 Å². The molecular weight excluding hydrogens is 460 g/mol. The first-order valence-corrected chi connectivity index (χ1v) is 13.6. The molecule has 7 heteroatoms. The molecule has 0 aromatic heterocycles. The van der Waals surface area contributed by atoms with Crippen molar-refractivity contribution in [3.8, 4) is 0 Å². The van der Waals surface area contributed by atoms with Crippen LogP contribution in [0.15, 0.2) is 11.1 Å². The standard InChI is InChI=1S/C29H44O7/c1-14(9-16(30)10-15(2)26(35)36)18-12-23(34)29(6)25-20(31)11-19-17(7-8-22(33)27(19,3)4)24(25)21(32)13-28(18,29)5/h14-15,17-22,31-33H,7-13H2,1-6H3,(H,35,36)/t14?,15?,17?,18?,19?,20?,21?,22?,28?,29-/m0/s1. The van der Waals surface area contributed by atoms with Crippen LogP contribution in [0, 0.1) is 45.8 Å². The van der Waals surface area contributed by atoms with E-state index >= 15 is 0 Å². The molecule has 0 saturated heterocycles. The third-order valence-electron chi connectivity index (χ3n) is 11.2. The summed E-state index contributed by atoms with van der Waals surface area (Å²) >= 11 is 0. The van der Waals surface area contributed by atoms with Gasteiger partial charge in [-0.1, -0.05) is 34.6 Å². The highest BCUT2D eigenvalue weighted by atomic mass is 16.4. The molecule has 0 spiro atoms. The van der Waals surface area contributed by atoms with Crippen molar-refractivity contribution in [2.24, 2.45) is 45.8 Å². The molecular formula is C29H44O7. The van der Waals surface area contributed by atoms with E-state index in [0.717, 1.165) is 12.0 Å². The van der Waals surface area contributed by atoms with Gasteiger partial charge in [-0.15, -0.1) is 0 Å². The molecule has 4 aliphatic carbocycles. The third kappa shape index (κ3) is 3.83. The van der Waals surface area contributed by atoms with E-state index in [-0.39, 0.29) is 54.5 Å². The molecule has 4 aliphatic rings. The Bertz CT molecular complexity index is 982. The van der Waals surface area contributed by atoms with Gasteiger partial charge in [0.1, 0.15) is 11.6 Å². The minimum absolute atomic E-state index is 0.0256. The number of rotatable bonds is 6. The summed E-state index contributed by atoms with van der Waals surface area (Å²) < 4.78 is 0. The number of hydrogen-bond donors (Lipinski definition) is 4.